The Kier molecular flexibility index (Phi) is 4.37. The summed E-state index contributed by atoms with van der Waals surface area (Å²) >= 11 is 0. The Bertz CT molecular complexity index is 369. The smallest absolute Gasteiger partial charge is 0.302 e. The highest BCUT2D eigenvalue weighted by atomic mass is 16.5. The fourth-order valence-corrected chi connectivity index (χ4v) is 4.28. The fourth-order valence-electron chi connectivity index (χ4n) is 4.28. The molecular formula is C17H28O2. The number of hydrogen-bond donors (Lipinski definition) is 0. The number of fused-ring (bicyclic) bond motifs is 2. The summed E-state index contributed by atoms with van der Waals surface area (Å²) in [5.41, 5.74) is 1.76. The Morgan fingerprint density at radius 3 is 2.68 bits per heavy atom. The highest BCUT2D eigenvalue weighted by Crippen LogP contribution is 2.63. The third kappa shape index (κ3) is 3.04. The summed E-state index contributed by atoms with van der Waals surface area (Å²) in [6.07, 6.45) is 9.02. The van der Waals surface area contributed by atoms with Gasteiger partial charge in [-0.1, -0.05) is 26.3 Å². The SMILES string of the molecule is CC(=O)OC/C(C)=C/CC[C@]1(C)[C@@H]2CCC(C)[C@@H]1C2. The summed E-state index contributed by atoms with van der Waals surface area (Å²) < 4.78 is 5.01. The zero-order chi connectivity index (χ0) is 14.0. The minimum Gasteiger partial charge on any atom is -0.461 e. The van der Waals surface area contributed by atoms with Gasteiger partial charge in [0.05, 0.1) is 0 Å². The third-order valence-corrected chi connectivity index (χ3v) is 5.65. The maximum atomic E-state index is 10.8. The molecule has 3 fully saturated rings. The van der Waals surface area contributed by atoms with Gasteiger partial charge < -0.3 is 4.74 Å². The van der Waals surface area contributed by atoms with Crippen LogP contribution in [-0.2, 0) is 9.53 Å². The van der Waals surface area contributed by atoms with Crippen LogP contribution in [0.25, 0.3) is 0 Å². The van der Waals surface area contributed by atoms with Gasteiger partial charge in [0, 0.05) is 6.92 Å². The van der Waals surface area contributed by atoms with Gasteiger partial charge in [0.15, 0.2) is 0 Å². The Balaban J connectivity index is 1.79. The number of carbonyl (C=O) groups is 1. The van der Waals surface area contributed by atoms with Crippen LogP contribution in [0.1, 0.15) is 59.8 Å². The Hall–Kier alpha value is -0.790. The predicted octanol–water partition coefficient (Wildman–Crippen LogP) is 4.35. The Morgan fingerprint density at radius 2 is 2.11 bits per heavy atom. The average molecular weight is 264 g/mol. The van der Waals surface area contributed by atoms with Crippen molar-refractivity contribution in [2.24, 2.45) is 23.2 Å². The van der Waals surface area contributed by atoms with Crippen LogP contribution in [0.3, 0.4) is 0 Å². The van der Waals surface area contributed by atoms with Gasteiger partial charge in [-0.15, -0.1) is 0 Å². The van der Waals surface area contributed by atoms with Crippen molar-refractivity contribution in [2.45, 2.75) is 59.8 Å². The standard InChI is InChI=1S/C17H28O2/c1-12(11-19-14(3)18)6-5-9-17(4)15-8-7-13(2)16(17)10-15/h6,13,15-16H,5,7-11H2,1-4H3/b12-6+/t13?,15-,16+,17-/m1/s1. The zero-order valence-corrected chi connectivity index (χ0v) is 12.9. The topological polar surface area (TPSA) is 26.3 Å². The molecule has 0 aromatic heterocycles. The second-order valence-electron chi connectivity index (χ2n) is 6.97. The molecule has 2 bridgehead atoms. The zero-order valence-electron chi connectivity index (χ0n) is 12.9. The first-order chi connectivity index (χ1) is 8.93. The van der Waals surface area contributed by atoms with Crippen LogP contribution in [0.2, 0.25) is 0 Å². The van der Waals surface area contributed by atoms with E-state index < -0.39 is 0 Å². The first-order valence-electron chi connectivity index (χ1n) is 7.72. The molecule has 4 atom stereocenters. The molecule has 0 heterocycles. The van der Waals surface area contributed by atoms with Gasteiger partial charge in [-0.2, -0.15) is 0 Å². The Labute approximate surface area is 117 Å². The lowest BCUT2D eigenvalue weighted by molar-refractivity contribution is -0.139. The first-order valence-corrected chi connectivity index (χ1v) is 7.72. The number of rotatable bonds is 5. The summed E-state index contributed by atoms with van der Waals surface area (Å²) in [4.78, 5) is 10.8. The molecule has 2 heteroatoms. The van der Waals surface area contributed by atoms with E-state index in [1.165, 1.54) is 38.2 Å². The van der Waals surface area contributed by atoms with E-state index in [-0.39, 0.29) is 5.97 Å². The van der Waals surface area contributed by atoms with Gasteiger partial charge in [-0.05, 0) is 61.3 Å². The van der Waals surface area contributed by atoms with Crippen molar-refractivity contribution in [3.8, 4) is 0 Å². The molecule has 3 rings (SSSR count). The number of allylic oxidation sites excluding steroid dienone is 1. The molecule has 19 heavy (non-hydrogen) atoms. The fraction of sp³-hybridized carbons (Fsp3) is 0.824. The van der Waals surface area contributed by atoms with Gasteiger partial charge >= 0.3 is 5.97 Å². The summed E-state index contributed by atoms with van der Waals surface area (Å²) in [5.74, 6) is 2.65. The average Bonchev–Trinajstić information content (AvgIpc) is 2.35. The summed E-state index contributed by atoms with van der Waals surface area (Å²) in [7, 11) is 0. The lowest BCUT2D eigenvalue weighted by atomic mass is 9.44. The molecule has 3 aliphatic carbocycles. The molecule has 0 N–H and O–H groups in total. The van der Waals surface area contributed by atoms with Crippen LogP contribution in [-0.4, -0.2) is 12.6 Å². The molecule has 0 aromatic carbocycles. The van der Waals surface area contributed by atoms with E-state index >= 15 is 0 Å². The van der Waals surface area contributed by atoms with Crippen LogP contribution in [0.4, 0.5) is 0 Å². The lowest BCUT2D eigenvalue weighted by Crippen LogP contribution is -2.53. The largest absolute Gasteiger partial charge is 0.461 e. The third-order valence-electron chi connectivity index (χ3n) is 5.65. The molecule has 3 aliphatic rings. The van der Waals surface area contributed by atoms with Crippen molar-refractivity contribution < 1.29 is 9.53 Å². The van der Waals surface area contributed by atoms with Crippen LogP contribution in [0.5, 0.6) is 0 Å². The van der Waals surface area contributed by atoms with Crippen LogP contribution in [0, 0.1) is 23.2 Å². The molecule has 2 nitrogen and oxygen atoms in total. The van der Waals surface area contributed by atoms with Crippen LogP contribution in [0.15, 0.2) is 11.6 Å². The van der Waals surface area contributed by atoms with Gasteiger partial charge in [0.1, 0.15) is 6.61 Å². The van der Waals surface area contributed by atoms with Crippen molar-refractivity contribution in [1.29, 1.82) is 0 Å². The van der Waals surface area contributed by atoms with Crippen molar-refractivity contribution in [1.82, 2.24) is 0 Å². The number of esters is 1. The molecule has 0 radical (unpaired) electrons. The number of carbonyl (C=O) groups excluding carboxylic acids is 1. The maximum Gasteiger partial charge on any atom is 0.302 e. The quantitative estimate of drug-likeness (QED) is 0.545. The van der Waals surface area contributed by atoms with E-state index in [2.05, 4.69) is 26.8 Å². The summed E-state index contributed by atoms with van der Waals surface area (Å²) in [6, 6.07) is 0. The van der Waals surface area contributed by atoms with Gasteiger partial charge in [0.25, 0.3) is 0 Å². The molecule has 0 saturated heterocycles. The van der Waals surface area contributed by atoms with E-state index in [9.17, 15) is 4.79 Å². The Morgan fingerprint density at radius 1 is 1.37 bits per heavy atom. The molecule has 0 aliphatic heterocycles. The van der Waals surface area contributed by atoms with Gasteiger partial charge in [0.2, 0.25) is 0 Å². The van der Waals surface area contributed by atoms with Crippen molar-refractivity contribution in [2.75, 3.05) is 6.61 Å². The van der Waals surface area contributed by atoms with Gasteiger partial charge in [-0.25, -0.2) is 0 Å². The van der Waals surface area contributed by atoms with E-state index in [0.717, 1.165) is 24.2 Å². The lowest BCUT2D eigenvalue weighted by Gasteiger charge is -2.61. The van der Waals surface area contributed by atoms with Crippen LogP contribution < -0.4 is 0 Å². The number of ether oxygens (including phenoxy) is 1. The van der Waals surface area contributed by atoms with Crippen molar-refractivity contribution in [3.05, 3.63) is 11.6 Å². The minimum absolute atomic E-state index is 0.193. The van der Waals surface area contributed by atoms with E-state index in [0.29, 0.717) is 12.0 Å². The molecule has 0 aromatic rings. The summed E-state index contributed by atoms with van der Waals surface area (Å²) in [5, 5.41) is 0. The van der Waals surface area contributed by atoms with Crippen molar-refractivity contribution in [3.63, 3.8) is 0 Å². The second kappa shape index (κ2) is 5.68. The molecule has 1 unspecified atom stereocenters. The highest BCUT2D eigenvalue weighted by Gasteiger charge is 2.54. The van der Waals surface area contributed by atoms with E-state index in [4.69, 9.17) is 4.74 Å². The monoisotopic (exact) mass is 264 g/mol. The van der Waals surface area contributed by atoms with E-state index in [1.807, 2.05) is 0 Å². The first kappa shape index (κ1) is 14.6. The second-order valence-corrected chi connectivity index (χ2v) is 6.97. The van der Waals surface area contributed by atoms with Gasteiger partial charge in [-0.3, -0.25) is 4.79 Å². The molecule has 0 spiro atoms. The highest BCUT2D eigenvalue weighted by molar-refractivity contribution is 5.66. The number of hydrogen-bond acceptors (Lipinski definition) is 2. The van der Waals surface area contributed by atoms with E-state index in [1.54, 1.807) is 0 Å². The molecule has 0 amide bonds. The summed E-state index contributed by atoms with van der Waals surface area (Å²) in [6.45, 7) is 8.90. The normalized spacial score (nSPS) is 37.7. The minimum atomic E-state index is -0.193. The molecular weight excluding hydrogens is 236 g/mol. The maximum absolute atomic E-state index is 10.8. The molecule has 108 valence electrons. The van der Waals surface area contributed by atoms with Crippen LogP contribution >= 0.6 is 0 Å². The van der Waals surface area contributed by atoms with Crippen molar-refractivity contribution >= 4 is 5.97 Å². The predicted molar refractivity (Wildman–Crippen MR) is 77.7 cm³/mol. The molecule has 3 saturated carbocycles.